The standard InChI is InChI=1S/C13H30N2S/c1-8-12(15(6)7)9-14-11(2)10-16-13(3,4)5/h11-12,14H,8-10H2,1-7H3. The molecule has 2 atom stereocenters. The van der Waals surface area contributed by atoms with Crippen LogP contribution in [0.3, 0.4) is 0 Å². The third-order valence-electron chi connectivity index (χ3n) is 2.67. The second kappa shape index (κ2) is 7.57. The number of hydrogen-bond acceptors (Lipinski definition) is 3. The topological polar surface area (TPSA) is 15.3 Å². The summed E-state index contributed by atoms with van der Waals surface area (Å²) in [6, 6.07) is 1.25. The third kappa shape index (κ3) is 8.43. The van der Waals surface area contributed by atoms with Crippen molar-refractivity contribution < 1.29 is 0 Å². The molecule has 0 aromatic carbocycles. The van der Waals surface area contributed by atoms with E-state index in [-0.39, 0.29) is 0 Å². The maximum absolute atomic E-state index is 3.63. The zero-order valence-corrected chi connectivity index (χ0v) is 12.9. The van der Waals surface area contributed by atoms with Crippen molar-refractivity contribution in [1.82, 2.24) is 10.2 Å². The molecule has 0 aromatic rings. The highest BCUT2D eigenvalue weighted by Gasteiger charge is 2.14. The summed E-state index contributed by atoms with van der Waals surface area (Å²) in [4.78, 5) is 2.30. The van der Waals surface area contributed by atoms with Crippen molar-refractivity contribution in [2.45, 2.75) is 57.9 Å². The quantitative estimate of drug-likeness (QED) is 0.743. The summed E-state index contributed by atoms with van der Waals surface area (Å²) in [6.07, 6.45) is 1.21. The van der Waals surface area contributed by atoms with Gasteiger partial charge in [0.15, 0.2) is 0 Å². The van der Waals surface area contributed by atoms with E-state index in [1.165, 1.54) is 12.2 Å². The molecule has 0 saturated carbocycles. The van der Waals surface area contributed by atoms with E-state index in [0.717, 1.165) is 6.54 Å². The number of rotatable bonds is 7. The molecule has 1 N–H and O–H groups in total. The van der Waals surface area contributed by atoms with Crippen molar-refractivity contribution in [2.24, 2.45) is 0 Å². The van der Waals surface area contributed by atoms with Crippen LogP contribution in [0.15, 0.2) is 0 Å². The average molecular weight is 246 g/mol. The van der Waals surface area contributed by atoms with E-state index in [1.54, 1.807) is 0 Å². The smallest absolute Gasteiger partial charge is 0.0212 e. The first-order valence-electron chi connectivity index (χ1n) is 6.30. The van der Waals surface area contributed by atoms with E-state index < -0.39 is 0 Å². The summed E-state index contributed by atoms with van der Waals surface area (Å²) < 4.78 is 0.377. The van der Waals surface area contributed by atoms with Gasteiger partial charge in [-0.25, -0.2) is 0 Å². The lowest BCUT2D eigenvalue weighted by Gasteiger charge is -2.26. The van der Waals surface area contributed by atoms with Crippen LogP contribution in [0.25, 0.3) is 0 Å². The van der Waals surface area contributed by atoms with Gasteiger partial charge in [0.25, 0.3) is 0 Å². The van der Waals surface area contributed by atoms with Crippen molar-refractivity contribution in [2.75, 3.05) is 26.4 Å². The Labute approximate surface area is 107 Å². The van der Waals surface area contributed by atoms with Crippen LogP contribution in [0.4, 0.5) is 0 Å². The van der Waals surface area contributed by atoms with E-state index >= 15 is 0 Å². The molecule has 0 fully saturated rings. The minimum absolute atomic E-state index is 0.377. The third-order valence-corrected chi connectivity index (χ3v) is 4.20. The van der Waals surface area contributed by atoms with Crippen LogP contribution >= 0.6 is 11.8 Å². The predicted molar refractivity (Wildman–Crippen MR) is 77.4 cm³/mol. The van der Waals surface area contributed by atoms with Crippen molar-refractivity contribution >= 4 is 11.8 Å². The van der Waals surface area contributed by atoms with E-state index in [9.17, 15) is 0 Å². The van der Waals surface area contributed by atoms with Crippen LogP contribution in [0.1, 0.15) is 41.0 Å². The van der Waals surface area contributed by atoms with Crippen LogP contribution in [0, 0.1) is 0 Å². The molecular formula is C13H30N2S. The van der Waals surface area contributed by atoms with Crippen LogP contribution in [-0.4, -0.2) is 48.1 Å². The number of nitrogens with zero attached hydrogens (tertiary/aromatic N) is 1. The number of hydrogen-bond donors (Lipinski definition) is 1. The summed E-state index contributed by atoms with van der Waals surface area (Å²) in [7, 11) is 4.31. The van der Waals surface area contributed by atoms with Crippen LogP contribution in [0.5, 0.6) is 0 Å². The molecule has 2 nitrogen and oxygen atoms in total. The van der Waals surface area contributed by atoms with E-state index in [4.69, 9.17) is 0 Å². The molecule has 0 aliphatic carbocycles. The minimum Gasteiger partial charge on any atom is -0.312 e. The summed E-state index contributed by atoms with van der Waals surface area (Å²) >= 11 is 2.03. The van der Waals surface area contributed by atoms with Crippen LogP contribution in [-0.2, 0) is 0 Å². The lowest BCUT2D eigenvalue weighted by atomic mass is 10.2. The molecular weight excluding hydrogens is 216 g/mol. The molecule has 0 rings (SSSR count). The largest absolute Gasteiger partial charge is 0.312 e. The molecule has 98 valence electrons. The van der Waals surface area contributed by atoms with Gasteiger partial charge in [-0.3, -0.25) is 0 Å². The van der Waals surface area contributed by atoms with E-state index in [0.29, 0.717) is 16.8 Å². The van der Waals surface area contributed by atoms with E-state index in [1.807, 2.05) is 11.8 Å². The Hall–Kier alpha value is 0.270. The van der Waals surface area contributed by atoms with Gasteiger partial charge in [0.05, 0.1) is 0 Å². The normalized spacial score (nSPS) is 16.5. The molecule has 16 heavy (non-hydrogen) atoms. The first-order chi connectivity index (χ1) is 7.26. The van der Waals surface area contributed by atoms with Crippen molar-refractivity contribution in [1.29, 1.82) is 0 Å². The molecule has 0 spiro atoms. The fourth-order valence-corrected chi connectivity index (χ4v) is 2.33. The second-order valence-corrected chi connectivity index (χ2v) is 7.61. The summed E-state index contributed by atoms with van der Waals surface area (Å²) in [5.74, 6) is 1.19. The Balaban J connectivity index is 3.75. The van der Waals surface area contributed by atoms with Gasteiger partial charge in [-0.2, -0.15) is 11.8 Å². The molecule has 2 unspecified atom stereocenters. The molecule has 0 saturated heterocycles. The Bertz CT molecular complexity index is 175. The predicted octanol–water partition coefficient (Wildman–Crippen LogP) is 2.84. The molecule has 0 aromatic heterocycles. The van der Waals surface area contributed by atoms with Crippen molar-refractivity contribution in [3.05, 3.63) is 0 Å². The van der Waals surface area contributed by atoms with Gasteiger partial charge in [-0.1, -0.05) is 27.7 Å². The number of nitrogens with one attached hydrogen (secondary N) is 1. The summed E-state index contributed by atoms with van der Waals surface area (Å²) in [6.45, 7) is 12.5. The maximum Gasteiger partial charge on any atom is 0.0212 e. The number of likely N-dealkylation sites (N-methyl/N-ethyl adjacent to an activating group) is 1. The summed E-state index contributed by atoms with van der Waals surface area (Å²) in [5.41, 5.74) is 0. The van der Waals surface area contributed by atoms with E-state index in [2.05, 4.69) is 58.9 Å². The van der Waals surface area contributed by atoms with Crippen molar-refractivity contribution in [3.63, 3.8) is 0 Å². The Morgan fingerprint density at radius 3 is 2.19 bits per heavy atom. The van der Waals surface area contributed by atoms with Gasteiger partial charge in [0.1, 0.15) is 0 Å². The molecule has 3 heteroatoms. The lowest BCUT2D eigenvalue weighted by Crippen LogP contribution is -2.41. The Morgan fingerprint density at radius 1 is 1.25 bits per heavy atom. The fraction of sp³-hybridized carbons (Fsp3) is 1.00. The van der Waals surface area contributed by atoms with Gasteiger partial charge < -0.3 is 10.2 Å². The first kappa shape index (κ1) is 16.3. The molecule has 0 aliphatic rings. The highest BCUT2D eigenvalue weighted by Crippen LogP contribution is 2.23. The monoisotopic (exact) mass is 246 g/mol. The molecule has 0 aliphatic heterocycles. The SMILES string of the molecule is CCC(CNC(C)CSC(C)(C)C)N(C)C. The lowest BCUT2D eigenvalue weighted by molar-refractivity contribution is 0.271. The maximum atomic E-state index is 3.63. The second-order valence-electron chi connectivity index (χ2n) is 5.76. The first-order valence-corrected chi connectivity index (χ1v) is 7.28. The molecule has 0 heterocycles. The van der Waals surface area contributed by atoms with Crippen molar-refractivity contribution in [3.8, 4) is 0 Å². The van der Waals surface area contributed by atoms with Gasteiger partial charge >= 0.3 is 0 Å². The molecule has 0 radical (unpaired) electrons. The van der Waals surface area contributed by atoms with Gasteiger partial charge in [0.2, 0.25) is 0 Å². The Kier molecular flexibility index (Phi) is 7.70. The van der Waals surface area contributed by atoms with Gasteiger partial charge in [-0.15, -0.1) is 0 Å². The highest BCUT2D eigenvalue weighted by molar-refractivity contribution is 8.00. The van der Waals surface area contributed by atoms with Crippen LogP contribution < -0.4 is 5.32 Å². The van der Waals surface area contributed by atoms with Crippen LogP contribution in [0.2, 0.25) is 0 Å². The molecule has 0 bridgehead atoms. The minimum atomic E-state index is 0.377. The zero-order valence-electron chi connectivity index (χ0n) is 12.1. The van der Waals surface area contributed by atoms with Gasteiger partial charge in [0, 0.05) is 29.1 Å². The zero-order chi connectivity index (χ0) is 12.8. The fourth-order valence-electron chi connectivity index (χ4n) is 1.46. The number of thioether (sulfide) groups is 1. The molecule has 0 amide bonds. The van der Waals surface area contributed by atoms with Gasteiger partial charge in [-0.05, 0) is 27.4 Å². The average Bonchev–Trinajstić information content (AvgIpc) is 2.14. The Morgan fingerprint density at radius 2 is 1.81 bits per heavy atom. The summed E-state index contributed by atoms with van der Waals surface area (Å²) in [5, 5.41) is 3.63. The highest BCUT2D eigenvalue weighted by atomic mass is 32.2.